The number of fused-ring (bicyclic) bond motifs is 4. The van der Waals surface area contributed by atoms with E-state index in [-0.39, 0.29) is 5.41 Å². The van der Waals surface area contributed by atoms with Crippen molar-refractivity contribution < 1.29 is 0 Å². The Bertz CT molecular complexity index is 1260. The van der Waals surface area contributed by atoms with Crippen LogP contribution in [0.15, 0.2) is 90.5 Å². The van der Waals surface area contributed by atoms with Crippen LogP contribution in [0.5, 0.6) is 0 Å². The molecular formula is C26H21N. The van der Waals surface area contributed by atoms with Crippen LogP contribution >= 0.6 is 0 Å². The topological polar surface area (TPSA) is 4.93 Å². The van der Waals surface area contributed by atoms with Crippen LogP contribution in [-0.2, 0) is 12.5 Å². The summed E-state index contributed by atoms with van der Waals surface area (Å²) in [5.41, 5.74) is 8.34. The van der Waals surface area contributed by atoms with Crippen molar-refractivity contribution in [2.45, 2.75) is 18.3 Å². The Hall–Kier alpha value is -3.06. The van der Waals surface area contributed by atoms with Crippen molar-refractivity contribution in [1.82, 2.24) is 4.57 Å². The van der Waals surface area contributed by atoms with E-state index in [1.54, 1.807) is 0 Å². The average Bonchev–Trinajstić information content (AvgIpc) is 3.34. The lowest BCUT2D eigenvalue weighted by Crippen LogP contribution is -2.16. The summed E-state index contributed by atoms with van der Waals surface area (Å²) in [6, 6.07) is 24.6. The average molecular weight is 347 g/mol. The van der Waals surface area contributed by atoms with E-state index in [0.717, 1.165) is 12.8 Å². The second-order valence-electron chi connectivity index (χ2n) is 7.71. The van der Waals surface area contributed by atoms with Gasteiger partial charge in [0, 0.05) is 23.3 Å². The molecule has 1 heteroatoms. The lowest BCUT2D eigenvalue weighted by atomic mass is 9.80. The van der Waals surface area contributed by atoms with E-state index in [1.807, 2.05) is 0 Å². The molecule has 0 N–H and O–H groups in total. The minimum Gasteiger partial charge on any atom is -0.343 e. The van der Waals surface area contributed by atoms with E-state index in [1.165, 1.54) is 44.1 Å². The molecular weight excluding hydrogens is 326 g/mol. The Balaban J connectivity index is 1.74. The normalized spacial score (nSPS) is 17.1. The summed E-state index contributed by atoms with van der Waals surface area (Å²) >= 11 is 0. The lowest BCUT2D eigenvalue weighted by Gasteiger charge is -2.23. The number of allylic oxidation sites excluding steroid dienone is 4. The summed E-state index contributed by atoms with van der Waals surface area (Å²) < 4.78 is 2.38. The Kier molecular flexibility index (Phi) is 2.91. The first kappa shape index (κ1) is 15.0. The molecule has 0 saturated carbocycles. The third kappa shape index (κ3) is 1.79. The van der Waals surface area contributed by atoms with E-state index in [4.69, 9.17) is 0 Å². The van der Waals surface area contributed by atoms with Crippen LogP contribution in [0.1, 0.15) is 29.5 Å². The van der Waals surface area contributed by atoms with Crippen LogP contribution in [0, 0.1) is 0 Å². The fraction of sp³-hybridized carbons (Fsp3) is 0.154. The SMILES string of the molecule is Cn1c2ccccc2c2cccc(C3(C4=CCCC=C4)c4ccccc43)c21. The van der Waals surface area contributed by atoms with Crippen molar-refractivity contribution in [2.24, 2.45) is 7.05 Å². The van der Waals surface area contributed by atoms with Gasteiger partial charge < -0.3 is 4.57 Å². The number of hydrogen-bond donors (Lipinski definition) is 0. The fourth-order valence-electron chi connectivity index (χ4n) is 5.24. The molecule has 1 nitrogen and oxygen atoms in total. The van der Waals surface area contributed by atoms with Gasteiger partial charge in [-0.3, -0.25) is 0 Å². The monoisotopic (exact) mass is 347 g/mol. The number of aromatic nitrogens is 1. The number of aryl methyl sites for hydroxylation is 1. The third-order valence-electron chi connectivity index (χ3n) is 6.43. The molecule has 27 heavy (non-hydrogen) atoms. The van der Waals surface area contributed by atoms with Gasteiger partial charge >= 0.3 is 0 Å². The number of hydrogen-bond acceptors (Lipinski definition) is 0. The molecule has 3 aromatic carbocycles. The second-order valence-corrected chi connectivity index (χ2v) is 7.71. The van der Waals surface area contributed by atoms with Gasteiger partial charge in [-0.15, -0.1) is 0 Å². The first-order valence-corrected chi connectivity index (χ1v) is 9.77. The lowest BCUT2D eigenvalue weighted by molar-refractivity contribution is 0.868. The molecule has 2 aliphatic carbocycles. The first-order valence-electron chi connectivity index (χ1n) is 9.77. The molecule has 0 bridgehead atoms. The number of para-hydroxylation sites is 2. The zero-order valence-electron chi connectivity index (χ0n) is 15.4. The molecule has 0 radical (unpaired) electrons. The minimum atomic E-state index is -0.0813. The van der Waals surface area contributed by atoms with Gasteiger partial charge in [0.15, 0.2) is 0 Å². The summed E-state index contributed by atoms with van der Waals surface area (Å²) in [6.45, 7) is 0. The quantitative estimate of drug-likeness (QED) is 0.403. The standard InChI is InChI=1S/C26H21N/c1-27-24-17-8-5-12-19(24)20-13-9-16-23(25(20)27)26(18-10-3-2-4-11-18)21-14-6-7-15-22(21)26/h3,5-17H,2,4H2,1H3. The fourth-order valence-corrected chi connectivity index (χ4v) is 5.24. The maximum atomic E-state index is 2.45. The Morgan fingerprint density at radius 3 is 2.22 bits per heavy atom. The van der Waals surface area contributed by atoms with Crippen LogP contribution in [0.25, 0.3) is 21.8 Å². The highest BCUT2D eigenvalue weighted by Crippen LogP contribution is 2.61. The summed E-state index contributed by atoms with van der Waals surface area (Å²) in [5.74, 6) is 0. The van der Waals surface area contributed by atoms with Crippen molar-refractivity contribution in [2.75, 3.05) is 0 Å². The van der Waals surface area contributed by atoms with Gasteiger partial charge in [0.1, 0.15) is 0 Å². The third-order valence-corrected chi connectivity index (χ3v) is 6.43. The van der Waals surface area contributed by atoms with E-state index < -0.39 is 0 Å². The van der Waals surface area contributed by atoms with E-state index in [9.17, 15) is 0 Å². The van der Waals surface area contributed by atoms with Gasteiger partial charge in [-0.25, -0.2) is 0 Å². The second kappa shape index (κ2) is 5.23. The van der Waals surface area contributed by atoms with Gasteiger partial charge in [0.05, 0.1) is 10.9 Å². The van der Waals surface area contributed by atoms with Crippen LogP contribution in [0.4, 0.5) is 0 Å². The largest absolute Gasteiger partial charge is 0.343 e. The van der Waals surface area contributed by atoms with Crippen molar-refractivity contribution in [3.8, 4) is 0 Å². The highest BCUT2D eigenvalue weighted by atomic mass is 14.9. The number of benzene rings is 3. The van der Waals surface area contributed by atoms with Crippen LogP contribution in [-0.4, -0.2) is 4.57 Å². The molecule has 0 fully saturated rings. The molecule has 0 aliphatic heterocycles. The van der Waals surface area contributed by atoms with Crippen LogP contribution < -0.4 is 0 Å². The van der Waals surface area contributed by atoms with Gasteiger partial charge in [0.2, 0.25) is 0 Å². The molecule has 0 unspecified atom stereocenters. The van der Waals surface area contributed by atoms with E-state index in [2.05, 4.69) is 96.6 Å². The van der Waals surface area contributed by atoms with Crippen molar-refractivity contribution >= 4 is 21.8 Å². The molecule has 2 aliphatic rings. The molecule has 130 valence electrons. The number of nitrogens with zero attached hydrogens (tertiary/aromatic N) is 1. The zero-order chi connectivity index (χ0) is 18.0. The van der Waals surface area contributed by atoms with Crippen molar-refractivity contribution in [3.63, 3.8) is 0 Å². The van der Waals surface area contributed by atoms with Crippen LogP contribution in [0.3, 0.4) is 0 Å². The number of rotatable bonds is 2. The van der Waals surface area contributed by atoms with Gasteiger partial charge in [-0.1, -0.05) is 78.9 Å². The highest BCUT2D eigenvalue weighted by molar-refractivity contribution is 6.10. The van der Waals surface area contributed by atoms with Crippen molar-refractivity contribution in [1.29, 1.82) is 0 Å². The predicted molar refractivity (Wildman–Crippen MR) is 113 cm³/mol. The molecule has 0 saturated heterocycles. The van der Waals surface area contributed by atoms with E-state index >= 15 is 0 Å². The minimum absolute atomic E-state index is 0.0813. The molecule has 0 amide bonds. The molecule has 1 heterocycles. The molecule has 0 spiro atoms. The molecule has 4 aromatic rings. The maximum Gasteiger partial charge on any atom is 0.0725 e. The molecule has 1 aromatic heterocycles. The molecule has 0 atom stereocenters. The smallest absolute Gasteiger partial charge is 0.0725 e. The Morgan fingerprint density at radius 1 is 0.741 bits per heavy atom. The van der Waals surface area contributed by atoms with Crippen molar-refractivity contribution in [3.05, 3.63) is 107 Å². The Labute approximate surface area is 159 Å². The predicted octanol–water partition coefficient (Wildman–Crippen LogP) is 6.26. The molecule has 6 rings (SSSR count). The summed E-state index contributed by atoms with van der Waals surface area (Å²) in [7, 11) is 2.21. The van der Waals surface area contributed by atoms with E-state index in [0.29, 0.717) is 0 Å². The first-order chi connectivity index (χ1) is 13.3. The summed E-state index contributed by atoms with van der Waals surface area (Å²) in [4.78, 5) is 0. The van der Waals surface area contributed by atoms with Gasteiger partial charge in [0.25, 0.3) is 0 Å². The summed E-state index contributed by atoms with van der Waals surface area (Å²) in [5, 5.41) is 2.69. The summed E-state index contributed by atoms with van der Waals surface area (Å²) in [6.07, 6.45) is 9.41. The Morgan fingerprint density at radius 2 is 1.44 bits per heavy atom. The van der Waals surface area contributed by atoms with Gasteiger partial charge in [-0.05, 0) is 41.2 Å². The highest BCUT2D eigenvalue weighted by Gasteiger charge is 2.54. The van der Waals surface area contributed by atoms with Crippen LogP contribution in [0.2, 0.25) is 0 Å². The van der Waals surface area contributed by atoms with Gasteiger partial charge in [-0.2, -0.15) is 0 Å². The maximum absolute atomic E-state index is 2.45. The zero-order valence-corrected chi connectivity index (χ0v) is 15.4.